The highest BCUT2D eigenvalue weighted by Gasteiger charge is 1.97. The summed E-state index contributed by atoms with van der Waals surface area (Å²) in [7, 11) is 0. The van der Waals surface area contributed by atoms with Gasteiger partial charge in [-0.3, -0.25) is 0 Å². The van der Waals surface area contributed by atoms with Crippen LogP contribution in [-0.4, -0.2) is 11.7 Å². The standard InChI is InChI=1S/C15H30OS/c1-3-5-6-7-8-9-10-11-12-13-15(17)16-14-4-2/h3-14H2,1-2H3. The Morgan fingerprint density at radius 1 is 0.765 bits per heavy atom. The van der Waals surface area contributed by atoms with Crippen LogP contribution in [0.3, 0.4) is 0 Å². The van der Waals surface area contributed by atoms with Crippen LogP contribution in [0.5, 0.6) is 0 Å². The van der Waals surface area contributed by atoms with Crippen LogP contribution < -0.4 is 0 Å². The van der Waals surface area contributed by atoms with Gasteiger partial charge >= 0.3 is 0 Å². The number of hydrogen-bond donors (Lipinski definition) is 0. The van der Waals surface area contributed by atoms with Gasteiger partial charge in [0.1, 0.15) is 0 Å². The summed E-state index contributed by atoms with van der Waals surface area (Å²) in [6.45, 7) is 5.17. The summed E-state index contributed by atoms with van der Waals surface area (Å²) >= 11 is 5.15. The molecule has 102 valence electrons. The average molecular weight is 258 g/mol. The molecule has 0 aromatic rings. The Morgan fingerprint density at radius 3 is 1.82 bits per heavy atom. The molecule has 0 saturated heterocycles. The number of rotatable bonds is 12. The van der Waals surface area contributed by atoms with Crippen molar-refractivity contribution in [2.45, 2.75) is 84.5 Å². The topological polar surface area (TPSA) is 9.23 Å². The van der Waals surface area contributed by atoms with E-state index in [0.717, 1.165) is 24.5 Å². The van der Waals surface area contributed by atoms with E-state index in [9.17, 15) is 0 Å². The highest BCUT2D eigenvalue weighted by Crippen LogP contribution is 2.11. The third-order valence-electron chi connectivity index (χ3n) is 2.95. The quantitative estimate of drug-likeness (QED) is 0.330. The first-order valence-electron chi connectivity index (χ1n) is 7.46. The van der Waals surface area contributed by atoms with Crippen LogP contribution in [0, 0.1) is 0 Å². The summed E-state index contributed by atoms with van der Waals surface area (Å²) in [5.41, 5.74) is 0. The molecule has 17 heavy (non-hydrogen) atoms. The fourth-order valence-electron chi connectivity index (χ4n) is 1.87. The maximum Gasteiger partial charge on any atom is 0.159 e. The Balaban J connectivity index is 3.05. The Morgan fingerprint density at radius 2 is 1.29 bits per heavy atom. The number of unbranched alkanes of at least 4 members (excludes halogenated alkanes) is 8. The molecule has 0 radical (unpaired) electrons. The smallest absolute Gasteiger partial charge is 0.159 e. The van der Waals surface area contributed by atoms with Crippen LogP contribution in [0.15, 0.2) is 0 Å². The predicted molar refractivity (Wildman–Crippen MR) is 80.7 cm³/mol. The highest BCUT2D eigenvalue weighted by molar-refractivity contribution is 7.80. The molecule has 2 heteroatoms. The molecule has 1 nitrogen and oxygen atoms in total. The number of hydrogen-bond acceptors (Lipinski definition) is 2. The second kappa shape index (κ2) is 14.0. The lowest BCUT2D eigenvalue weighted by molar-refractivity contribution is 0.303. The van der Waals surface area contributed by atoms with Crippen molar-refractivity contribution < 1.29 is 4.74 Å². The molecule has 0 rings (SSSR count). The van der Waals surface area contributed by atoms with Gasteiger partial charge in [-0.15, -0.1) is 0 Å². The first-order chi connectivity index (χ1) is 8.31. The molecule has 0 heterocycles. The van der Waals surface area contributed by atoms with Gasteiger partial charge in [0.25, 0.3) is 0 Å². The fourth-order valence-corrected chi connectivity index (χ4v) is 2.10. The van der Waals surface area contributed by atoms with Crippen molar-refractivity contribution in [2.75, 3.05) is 6.61 Å². The molecular formula is C15H30OS. The van der Waals surface area contributed by atoms with E-state index in [1.165, 1.54) is 57.8 Å². The summed E-state index contributed by atoms with van der Waals surface area (Å²) in [5.74, 6) is 0. The van der Waals surface area contributed by atoms with Crippen LogP contribution >= 0.6 is 12.2 Å². The van der Waals surface area contributed by atoms with Crippen LogP contribution in [-0.2, 0) is 4.74 Å². The van der Waals surface area contributed by atoms with E-state index in [1.54, 1.807) is 0 Å². The van der Waals surface area contributed by atoms with E-state index in [-0.39, 0.29) is 0 Å². The van der Waals surface area contributed by atoms with Gasteiger partial charge in [0, 0.05) is 6.42 Å². The first-order valence-corrected chi connectivity index (χ1v) is 7.87. The van der Waals surface area contributed by atoms with E-state index in [0.29, 0.717) is 0 Å². The van der Waals surface area contributed by atoms with Crippen LogP contribution in [0.4, 0.5) is 0 Å². The molecule has 0 aliphatic heterocycles. The Hall–Kier alpha value is -0.110. The molecule has 0 N–H and O–H groups in total. The van der Waals surface area contributed by atoms with Crippen molar-refractivity contribution >= 4 is 17.3 Å². The molecule has 0 unspecified atom stereocenters. The molecule has 0 amide bonds. The second-order valence-corrected chi connectivity index (χ2v) is 5.25. The predicted octanol–water partition coefficient (Wildman–Crippen LogP) is 5.66. The summed E-state index contributed by atoms with van der Waals surface area (Å²) in [5, 5.41) is 0.815. The molecule has 0 aromatic carbocycles. The first kappa shape index (κ1) is 16.9. The Bertz CT molecular complexity index is 168. The van der Waals surface area contributed by atoms with E-state index in [1.807, 2.05) is 0 Å². The second-order valence-electron chi connectivity index (χ2n) is 4.80. The molecule has 0 fully saturated rings. The summed E-state index contributed by atoms with van der Waals surface area (Å²) in [6.07, 6.45) is 14.3. The zero-order chi connectivity index (χ0) is 12.8. The van der Waals surface area contributed by atoms with Crippen molar-refractivity contribution in [3.8, 4) is 0 Å². The van der Waals surface area contributed by atoms with Gasteiger partial charge in [-0.1, -0.05) is 65.2 Å². The molecule has 0 atom stereocenters. The zero-order valence-corrected chi connectivity index (χ0v) is 12.6. The van der Waals surface area contributed by atoms with Gasteiger partial charge < -0.3 is 4.74 Å². The van der Waals surface area contributed by atoms with Crippen molar-refractivity contribution in [2.24, 2.45) is 0 Å². The molecule has 0 aliphatic rings. The fraction of sp³-hybridized carbons (Fsp3) is 0.933. The monoisotopic (exact) mass is 258 g/mol. The largest absolute Gasteiger partial charge is 0.487 e. The molecular weight excluding hydrogens is 228 g/mol. The molecule has 0 bridgehead atoms. The molecule has 0 aromatic heterocycles. The number of ether oxygens (including phenoxy) is 1. The van der Waals surface area contributed by atoms with Gasteiger partial charge in [-0.25, -0.2) is 0 Å². The van der Waals surface area contributed by atoms with Gasteiger partial charge in [0.15, 0.2) is 5.05 Å². The normalized spacial score (nSPS) is 10.5. The summed E-state index contributed by atoms with van der Waals surface area (Å²) in [4.78, 5) is 0. The lowest BCUT2D eigenvalue weighted by Crippen LogP contribution is -2.02. The van der Waals surface area contributed by atoms with Crippen LogP contribution in [0.1, 0.15) is 84.5 Å². The van der Waals surface area contributed by atoms with Crippen LogP contribution in [0.25, 0.3) is 0 Å². The maximum absolute atomic E-state index is 5.39. The maximum atomic E-state index is 5.39. The van der Waals surface area contributed by atoms with Crippen molar-refractivity contribution in [3.05, 3.63) is 0 Å². The van der Waals surface area contributed by atoms with Crippen molar-refractivity contribution in [3.63, 3.8) is 0 Å². The van der Waals surface area contributed by atoms with Crippen molar-refractivity contribution in [1.29, 1.82) is 0 Å². The zero-order valence-electron chi connectivity index (χ0n) is 11.8. The van der Waals surface area contributed by atoms with E-state index in [2.05, 4.69) is 13.8 Å². The minimum Gasteiger partial charge on any atom is -0.487 e. The lowest BCUT2D eigenvalue weighted by atomic mass is 10.1. The summed E-state index contributed by atoms with van der Waals surface area (Å²) in [6, 6.07) is 0. The third kappa shape index (κ3) is 13.8. The highest BCUT2D eigenvalue weighted by atomic mass is 32.1. The average Bonchev–Trinajstić information content (AvgIpc) is 2.34. The van der Waals surface area contributed by atoms with E-state index < -0.39 is 0 Å². The van der Waals surface area contributed by atoms with Crippen molar-refractivity contribution in [1.82, 2.24) is 0 Å². The Kier molecular flexibility index (Phi) is 13.9. The SMILES string of the molecule is CCCCCCCCCCCC(=S)OCCC. The molecule has 0 saturated carbocycles. The van der Waals surface area contributed by atoms with Gasteiger partial charge in [-0.05, 0) is 25.1 Å². The lowest BCUT2D eigenvalue weighted by Gasteiger charge is -2.05. The van der Waals surface area contributed by atoms with E-state index in [4.69, 9.17) is 17.0 Å². The summed E-state index contributed by atoms with van der Waals surface area (Å²) < 4.78 is 5.39. The van der Waals surface area contributed by atoms with Gasteiger partial charge in [0.05, 0.1) is 6.61 Å². The minimum atomic E-state index is 0.788. The van der Waals surface area contributed by atoms with Gasteiger partial charge in [-0.2, -0.15) is 0 Å². The third-order valence-corrected chi connectivity index (χ3v) is 3.27. The molecule has 0 aliphatic carbocycles. The van der Waals surface area contributed by atoms with Gasteiger partial charge in [0.2, 0.25) is 0 Å². The van der Waals surface area contributed by atoms with Crippen LogP contribution in [0.2, 0.25) is 0 Å². The Labute approximate surface area is 113 Å². The minimum absolute atomic E-state index is 0.788. The number of thiocarbonyl (C=S) groups is 1. The molecule has 0 spiro atoms. The van der Waals surface area contributed by atoms with E-state index >= 15 is 0 Å².